The molecule has 0 aliphatic carbocycles. The van der Waals surface area contributed by atoms with Crippen LogP contribution in [0, 0.1) is 10.8 Å². The minimum atomic E-state index is 0.222. The van der Waals surface area contributed by atoms with Crippen LogP contribution >= 0.6 is 0 Å². The molecule has 22 heavy (non-hydrogen) atoms. The molecule has 2 aromatic carbocycles. The van der Waals surface area contributed by atoms with Crippen molar-refractivity contribution >= 4 is 17.9 Å². The van der Waals surface area contributed by atoms with E-state index in [1.165, 1.54) is 11.1 Å². The van der Waals surface area contributed by atoms with E-state index in [4.69, 9.17) is 10.8 Å². The van der Waals surface area contributed by atoms with Gasteiger partial charge in [-0.3, -0.25) is 10.8 Å². The van der Waals surface area contributed by atoms with Crippen molar-refractivity contribution in [2.45, 2.75) is 26.3 Å². The molecule has 0 heterocycles. The molecule has 0 fully saturated rings. The van der Waals surface area contributed by atoms with Gasteiger partial charge in [-0.2, -0.15) is 0 Å². The number of rotatable bonds is 6. The first kappa shape index (κ1) is 15.8. The average molecular weight is 294 g/mol. The molecule has 0 aliphatic rings. The number of benzene rings is 2. The summed E-state index contributed by atoms with van der Waals surface area (Å²) in [5.41, 5.74) is 4.28. The Balaban J connectivity index is 2.00. The molecule has 114 valence electrons. The third kappa shape index (κ3) is 4.19. The van der Waals surface area contributed by atoms with E-state index in [1.54, 1.807) is 0 Å². The molecule has 0 amide bonds. The van der Waals surface area contributed by atoms with Gasteiger partial charge < -0.3 is 10.6 Å². The highest BCUT2D eigenvalue weighted by molar-refractivity contribution is 6.02. The predicted octanol–water partition coefficient (Wildman–Crippen LogP) is 3.94. The van der Waals surface area contributed by atoms with E-state index in [0.717, 1.165) is 24.1 Å². The van der Waals surface area contributed by atoms with Gasteiger partial charge >= 0.3 is 0 Å². The maximum Gasteiger partial charge on any atom is 0.130 e. The van der Waals surface area contributed by atoms with E-state index in [9.17, 15) is 0 Å². The fourth-order valence-electron chi connectivity index (χ4n) is 2.16. The summed E-state index contributed by atoms with van der Waals surface area (Å²) in [5.74, 6) is 0.769. The topological polar surface area (TPSA) is 71.8 Å². The Kier molecular flexibility index (Phi) is 5.31. The Morgan fingerprint density at radius 1 is 1.14 bits per heavy atom. The minimum absolute atomic E-state index is 0.222. The Morgan fingerprint density at radius 3 is 2.50 bits per heavy atom. The summed E-state index contributed by atoms with van der Waals surface area (Å²) < 4.78 is 0. The Labute approximate surface area is 131 Å². The van der Waals surface area contributed by atoms with E-state index < -0.39 is 0 Å². The number of nitrogens with one attached hydrogen (secondary N) is 4. The highest BCUT2D eigenvalue weighted by Gasteiger charge is 2.02. The molecule has 0 saturated carbocycles. The second-order valence-corrected chi connectivity index (χ2v) is 5.49. The van der Waals surface area contributed by atoms with Gasteiger partial charge in [0.15, 0.2) is 0 Å². The fourth-order valence-corrected chi connectivity index (χ4v) is 2.16. The molecule has 4 heteroatoms. The summed E-state index contributed by atoms with van der Waals surface area (Å²) in [6.45, 7) is 5.12. The number of amidine groups is 1. The van der Waals surface area contributed by atoms with Gasteiger partial charge in [0.2, 0.25) is 0 Å². The van der Waals surface area contributed by atoms with E-state index in [-0.39, 0.29) is 5.84 Å². The molecule has 0 atom stereocenters. The minimum Gasteiger partial charge on any atom is -0.381 e. The molecule has 4 nitrogen and oxygen atoms in total. The standard InChI is InChI=1S/C18H22N4/c1-13(2)15-8-6-14(7-9-15)11-21-17-5-3-4-16(10-17)18(20)22-12-19/h3-10,12-13,21H,11H2,1-2H3,(H3,19,20,22). The second-order valence-electron chi connectivity index (χ2n) is 5.49. The molecule has 2 rings (SSSR count). The Bertz CT molecular complexity index is 644. The summed E-state index contributed by atoms with van der Waals surface area (Å²) in [4.78, 5) is 0. The average Bonchev–Trinajstić information content (AvgIpc) is 2.54. The lowest BCUT2D eigenvalue weighted by molar-refractivity contribution is 0.865. The van der Waals surface area contributed by atoms with Gasteiger partial charge in [-0.05, 0) is 29.2 Å². The third-order valence-electron chi connectivity index (χ3n) is 3.51. The first-order valence-electron chi connectivity index (χ1n) is 7.37. The molecule has 0 aliphatic heterocycles. The van der Waals surface area contributed by atoms with Gasteiger partial charge in [-0.25, -0.2) is 0 Å². The summed E-state index contributed by atoms with van der Waals surface area (Å²) in [7, 11) is 0. The van der Waals surface area contributed by atoms with Crippen molar-refractivity contribution in [2.75, 3.05) is 5.32 Å². The highest BCUT2D eigenvalue weighted by atomic mass is 14.9. The lowest BCUT2D eigenvalue weighted by Crippen LogP contribution is -2.20. The van der Waals surface area contributed by atoms with Gasteiger partial charge in [0.1, 0.15) is 5.84 Å². The van der Waals surface area contributed by atoms with Crippen LogP contribution in [0.2, 0.25) is 0 Å². The molecular formula is C18H22N4. The summed E-state index contributed by atoms with van der Waals surface area (Å²) in [6.07, 6.45) is 1.01. The Hall–Kier alpha value is -2.62. The zero-order valence-corrected chi connectivity index (χ0v) is 13.0. The molecule has 0 unspecified atom stereocenters. The third-order valence-corrected chi connectivity index (χ3v) is 3.51. The van der Waals surface area contributed by atoms with Gasteiger partial charge in [0.05, 0.1) is 6.34 Å². The summed E-state index contributed by atoms with van der Waals surface area (Å²) in [5, 5.41) is 20.7. The molecule has 0 spiro atoms. The van der Waals surface area contributed by atoms with Crippen molar-refractivity contribution in [1.29, 1.82) is 10.8 Å². The van der Waals surface area contributed by atoms with Crippen LogP contribution in [0.25, 0.3) is 0 Å². The van der Waals surface area contributed by atoms with Crippen molar-refractivity contribution in [1.82, 2.24) is 5.32 Å². The van der Waals surface area contributed by atoms with Gasteiger partial charge in [0.25, 0.3) is 0 Å². The van der Waals surface area contributed by atoms with Crippen LogP contribution in [-0.4, -0.2) is 12.2 Å². The lowest BCUT2D eigenvalue weighted by atomic mass is 10.0. The van der Waals surface area contributed by atoms with E-state index in [2.05, 4.69) is 48.7 Å². The van der Waals surface area contributed by atoms with Crippen LogP contribution in [0.5, 0.6) is 0 Å². The molecule has 0 saturated heterocycles. The second kappa shape index (κ2) is 7.41. The molecule has 4 N–H and O–H groups in total. The van der Waals surface area contributed by atoms with Gasteiger partial charge in [-0.15, -0.1) is 0 Å². The molecule has 2 aromatic rings. The van der Waals surface area contributed by atoms with Crippen molar-refractivity contribution < 1.29 is 0 Å². The maximum absolute atomic E-state index is 7.80. The first-order chi connectivity index (χ1) is 10.6. The fraction of sp³-hybridized carbons (Fsp3) is 0.222. The van der Waals surface area contributed by atoms with Crippen LogP contribution in [0.3, 0.4) is 0 Å². The first-order valence-corrected chi connectivity index (χ1v) is 7.37. The summed E-state index contributed by atoms with van der Waals surface area (Å²) in [6, 6.07) is 16.3. The molecule has 0 bridgehead atoms. The van der Waals surface area contributed by atoms with Crippen LogP contribution in [0.15, 0.2) is 48.5 Å². The normalized spacial score (nSPS) is 10.3. The van der Waals surface area contributed by atoms with Crippen molar-refractivity contribution in [2.24, 2.45) is 0 Å². The van der Waals surface area contributed by atoms with Crippen molar-refractivity contribution in [3.8, 4) is 0 Å². The molecular weight excluding hydrogens is 272 g/mol. The quantitative estimate of drug-likeness (QED) is 0.481. The van der Waals surface area contributed by atoms with Crippen molar-refractivity contribution in [3.63, 3.8) is 0 Å². The Morgan fingerprint density at radius 2 is 1.86 bits per heavy atom. The molecule has 0 radical (unpaired) electrons. The highest BCUT2D eigenvalue weighted by Crippen LogP contribution is 2.16. The van der Waals surface area contributed by atoms with Crippen LogP contribution < -0.4 is 10.6 Å². The van der Waals surface area contributed by atoms with Crippen LogP contribution in [-0.2, 0) is 6.54 Å². The number of anilines is 1. The lowest BCUT2D eigenvalue weighted by Gasteiger charge is -2.10. The predicted molar refractivity (Wildman–Crippen MR) is 93.0 cm³/mol. The smallest absolute Gasteiger partial charge is 0.130 e. The van der Waals surface area contributed by atoms with E-state index in [1.807, 2.05) is 24.3 Å². The number of hydrogen-bond acceptors (Lipinski definition) is 3. The molecule has 0 aromatic heterocycles. The largest absolute Gasteiger partial charge is 0.381 e. The summed E-state index contributed by atoms with van der Waals surface area (Å²) >= 11 is 0. The number of hydrogen-bond donors (Lipinski definition) is 4. The van der Waals surface area contributed by atoms with Gasteiger partial charge in [0, 0.05) is 17.8 Å². The van der Waals surface area contributed by atoms with E-state index >= 15 is 0 Å². The van der Waals surface area contributed by atoms with Crippen LogP contribution in [0.4, 0.5) is 5.69 Å². The maximum atomic E-state index is 7.80. The van der Waals surface area contributed by atoms with Crippen LogP contribution in [0.1, 0.15) is 36.5 Å². The van der Waals surface area contributed by atoms with Gasteiger partial charge in [-0.1, -0.05) is 50.2 Å². The zero-order chi connectivity index (χ0) is 15.9. The van der Waals surface area contributed by atoms with Crippen molar-refractivity contribution in [3.05, 3.63) is 65.2 Å². The SMILES string of the molecule is CC(C)c1ccc(CNc2cccc(C(=N)NC=N)c2)cc1. The zero-order valence-electron chi connectivity index (χ0n) is 13.0. The van der Waals surface area contributed by atoms with E-state index in [0.29, 0.717) is 5.92 Å². The monoisotopic (exact) mass is 294 g/mol.